The van der Waals surface area contributed by atoms with Crippen molar-refractivity contribution in [2.45, 2.75) is 25.4 Å². The molecule has 2 N–H and O–H groups in total. The number of carbonyl (C=O) groups is 1. The highest BCUT2D eigenvalue weighted by atomic mass is 19.1. The van der Waals surface area contributed by atoms with Crippen molar-refractivity contribution in [3.05, 3.63) is 71.3 Å². The summed E-state index contributed by atoms with van der Waals surface area (Å²) >= 11 is 0. The molecule has 1 unspecified atom stereocenters. The van der Waals surface area contributed by atoms with E-state index >= 15 is 0 Å². The van der Waals surface area contributed by atoms with E-state index in [1.165, 1.54) is 30.3 Å². The molecule has 0 bridgehead atoms. The molecular weight excluding hydrogens is 300 g/mol. The Balaban J connectivity index is 1.70. The maximum absolute atomic E-state index is 13.1. The summed E-state index contributed by atoms with van der Waals surface area (Å²) < 4.78 is 26.1. The minimum absolute atomic E-state index is 0.122. The third-order valence-corrected chi connectivity index (χ3v) is 3.47. The summed E-state index contributed by atoms with van der Waals surface area (Å²) in [6.45, 7) is 0.436. The lowest BCUT2D eigenvalue weighted by molar-refractivity contribution is -0.123. The summed E-state index contributed by atoms with van der Waals surface area (Å²) in [5, 5.41) is 12.6. The Hall–Kier alpha value is -2.27. The van der Waals surface area contributed by atoms with Crippen molar-refractivity contribution in [3.63, 3.8) is 0 Å². The number of aryl methyl sites for hydroxylation is 1. The second-order valence-electron chi connectivity index (χ2n) is 5.36. The maximum atomic E-state index is 13.1. The van der Waals surface area contributed by atoms with Gasteiger partial charge in [0.15, 0.2) is 0 Å². The Bertz CT molecular complexity index is 661. The Morgan fingerprint density at radius 1 is 1.09 bits per heavy atom. The topological polar surface area (TPSA) is 49.3 Å². The van der Waals surface area contributed by atoms with Crippen LogP contribution in [0.15, 0.2) is 48.5 Å². The van der Waals surface area contributed by atoms with Crippen LogP contribution in [0, 0.1) is 11.6 Å². The van der Waals surface area contributed by atoms with E-state index in [2.05, 4.69) is 5.32 Å². The Kier molecular flexibility index (Phi) is 6.23. The number of hydrogen-bond acceptors (Lipinski definition) is 2. The molecule has 0 radical (unpaired) electrons. The second kappa shape index (κ2) is 8.39. The Labute approximate surface area is 134 Å². The van der Waals surface area contributed by atoms with Crippen LogP contribution in [-0.2, 0) is 11.2 Å². The van der Waals surface area contributed by atoms with Crippen molar-refractivity contribution in [1.82, 2.24) is 5.32 Å². The first-order valence-electron chi connectivity index (χ1n) is 7.49. The fourth-order valence-electron chi connectivity index (χ4n) is 2.29. The van der Waals surface area contributed by atoms with Crippen molar-refractivity contribution >= 4 is 5.91 Å². The van der Waals surface area contributed by atoms with E-state index in [1.54, 1.807) is 12.1 Å². The number of carbonyl (C=O) groups excluding carboxylic acids is 1. The number of hydrogen-bond donors (Lipinski definition) is 2. The summed E-state index contributed by atoms with van der Waals surface area (Å²) in [5.74, 6) is -1.03. The van der Waals surface area contributed by atoms with Crippen LogP contribution in [0.5, 0.6) is 0 Å². The largest absolute Gasteiger partial charge is 0.388 e. The predicted octanol–water partition coefficient (Wildman–Crippen LogP) is 3.14. The molecule has 23 heavy (non-hydrogen) atoms. The molecule has 5 heteroatoms. The highest BCUT2D eigenvalue weighted by Crippen LogP contribution is 2.17. The first kappa shape index (κ1) is 17.1. The monoisotopic (exact) mass is 319 g/mol. The molecule has 0 spiro atoms. The van der Waals surface area contributed by atoms with Gasteiger partial charge >= 0.3 is 0 Å². The summed E-state index contributed by atoms with van der Waals surface area (Å²) in [6.07, 6.45) is 0.174. The van der Waals surface area contributed by atoms with Gasteiger partial charge in [0.25, 0.3) is 0 Å². The average Bonchev–Trinajstić information content (AvgIpc) is 2.51. The zero-order valence-corrected chi connectivity index (χ0v) is 12.6. The highest BCUT2D eigenvalue weighted by Gasteiger charge is 2.13. The first-order valence-corrected chi connectivity index (χ1v) is 7.49. The van der Waals surface area contributed by atoms with Crippen molar-refractivity contribution in [2.24, 2.45) is 0 Å². The molecule has 1 amide bonds. The van der Waals surface area contributed by atoms with E-state index in [0.717, 1.165) is 5.56 Å². The van der Waals surface area contributed by atoms with Crippen LogP contribution >= 0.6 is 0 Å². The Morgan fingerprint density at radius 2 is 1.78 bits per heavy atom. The second-order valence-corrected chi connectivity index (χ2v) is 5.36. The molecular formula is C18H19F2NO2. The van der Waals surface area contributed by atoms with Gasteiger partial charge in [0.1, 0.15) is 11.6 Å². The van der Waals surface area contributed by atoms with Crippen LogP contribution in [-0.4, -0.2) is 17.6 Å². The number of amides is 1. The van der Waals surface area contributed by atoms with Crippen molar-refractivity contribution in [3.8, 4) is 0 Å². The van der Waals surface area contributed by atoms with Crippen LogP contribution < -0.4 is 5.32 Å². The van der Waals surface area contributed by atoms with Gasteiger partial charge in [-0.2, -0.15) is 0 Å². The molecule has 2 aromatic rings. The van der Waals surface area contributed by atoms with E-state index in [4.69, 9.17) is 0 Å². The Morgan fingerprint density at radius 3 is 2.48 bits per heavy atom. The molecule has 3 nitrogen and oxygen atoms in total. The summed E-state index contributed by atoms with van der Waals surface area (Å²) in [6, 6.07) is 11.9. The normalized spacial score (nSPS) is 12.0. The van der Waals surface area contributed by atoms with Crippen LogP contribution in [0.1, 0.15) is 30.1 Å². The van der Waals surface area contributed by atoms with Crippen molar-refractivity contribution in [1.29, 1.82) is 0 Å². The average molecular weight is 319 g/mol. The van der Waals surface area contributed by atoms with Gasteiger partial charge in [0, 0.05) is 6.54 Å². The maximum Gasteiger partial charge on any atom is 0.222 e. The summed E-state index contributed by atoms with van der Waals surface area (Å²) in [5.41, 5.74) is 1.25. The van der Waals surface area contributed by atoms with Gasteiger partial charge in [-0.3, -0.25) is 4.79 Å². The molecule has 1 atom stereocenters. The van der Waals surface area contributed by atoms with E-state index in [-0.39, 0.29) is 18.1 Å². The smallest absolute Gasteiger partial charge is 0.222 e. The van der Waals surface area contributed by atoms with E-state index < -0.39 is 11.9 Å². The summed E-state index contributed by atoms with van der Waals surface area (Å²) in [4.78, 5) is 11.8. The molecule has 122 valence electrons. The SMILES string of the molecule is O=C(CC(O)c1cccc(F)c1)NCCCc1cccc(F)c1. The van der Waals surface area contributed by atoms with Crippen LogP contribution in [0.25, 0.3) is 0 Å². The van der Waals surface area contributed by atoms with Gasteiger partial charge in [-0.25, -0.2) is 8.78 Å². The molecule has 0 aliphatic carbocycles. The standard InChI is InChI=1S/C18H19F2NO2/c19-15-7-1-4-13(10-15)5-3-9-21-18(23)12-17(22)14-6-2-8-16(20)11-14/h1-2,4,6-8,10-11,17,22H,3,5,9,12H2,(H,21,23). The third kappa shape index (κ3) is 5.79. The van der Waals surface area contributed by atoms with Crippen LogP contribution in [0.2, 0.25) is 0 Å². The molecule has 2 rings (SSSR count). The quantitative estimate of drug-likeness (QED) is 0.770. The van der Waals surface area contributed by atoms with E-state index in [1.807, 2.05) is 6.07 Å². The lowest BCUT2D eigenvalue weighted by Gasteiger charge is -2.11. The number of rotatable bonds is 7. The molecule has 0 saturated heterocycles. The molecule has 0 saturated carbocycles. The number of benzene rings is 2. The molecule has 0 aliphatic heterocycles. The molecule has 2 aromatic carbocycles. The van der Waals surface area contributed by atoms with Gasteiger partial charge < -0.3 is 10.4 Å². The van der Waals surface area contributed by atoms with Crippen molar-refractivity contribution in [2.75, 3.05) is 6.54 Å². The fraction of sp³-hybridized carbons (Fsp3) is 0.278. The molecule has 0 aromatic heterocycles. The number of nitrogens with one attached hydrogen (secondary N) is 1. The lowest BCUT2D eigenvalue weighted by atomic mass is 10.1. The van der Waals surface area contributed by atoms with Gasteiger partial charge in [-0.15, -0.1) is 0 Å². The van der Waals surface area contributed by atoms with Crippen LogP contribution in [0.3, 0.4) is 0 Å². The lowest BCUT2D eigenvalue weighted by Crippen LogP contribution is -2.26. The third-order valence-electron chi connectivity index (χ3n) is 3.47. The zero-order valence-electron chi connectivity index (χ0n) is 12.6. The van der Waals surface area contributed by atoms with Gasteiger partial charge in [-0.1, -0.05) is 24.3 Å². The first-order chi connectivity index (χ1) is 11.0. The van der Waals surface area contributed by atoms with Gasteiger partial charge in [-0.05, 0) is 48.2 Å². The number of aliphatic hydroxyl groups is 1. The van der Waals surface area contributed by atoms with Gasteiger partial charge in [0.05, 0.1) is 12.5 Å². The zero-order chi connectivity index (χ0) is 16.7. The minimum Gasteiger partial charge on any atom is -0.388 e. The summed E-state index contributed by atoms with van der Waals surface area (Å²) in [7, 11) is 0. The number of aliphatic hydroxyl groups excluding tert-OH is 1. The molecule has 0 heterocycles. The molecule has 0 aliphatic rings. The minimum atomic E-state index is -1.03. The highest BCUT2D eigenvalue weighted by molar-refractivity contribution is 5.76. The van der Waals surface area contributed by atoms with E-state index in [0.29, 0.717) is 24.9 Å². The molecule has 0 fully saturated rings. The predicted molar refractivity (Wildman–Crippen MR) is 83.7 cm³/mol. The van der Waals surface area contributed by atoms with Crippen molar-refractivity contribution < 1.29 is 18.7 Å². The number of halogens is 2. The van der Waals surface area contributed by atoms with Crippen LogP contribution in [0.4, 0.5) is 8.78 Å². The van der Waals surface area contributed by atoms with E-state index in [9.17, 15) is 18.7 Å². The van der Waals surface area contributed by atoms with Gasteiger partial charge in [0.2, 0.25) is 5.91 Å². The fourth-order valence-corrected chi connectivity index (χ4v) is 2.29.